The third-order valence-electron chi connectivity index (χ3n) is 2.16. The normalized spacial score (nSPS) is 10.1. The van der Waals surface area contributed by atoms with Gasteiger partial charge in [-0.1, -0.05) is 0 Å². The van der Waals surface area contributed by atoms with Gasteiger partial charge < -0.3 is 5.11 Å². The van der Waals surface area contributed by atoms with E-state index in [1.807, 2.05) is 0 Å². The number of nitro groups is 1. The number of aromatic nitrogens is 2. The van der Waals surface area contributed by atoms with E-state index in [2.05, 4.69) is 4.98 Å². The molecule has 2 aromatic rings. The Labute approximate surface area is 95.1 Å². The molecule has 0 atom stereocenters. The second-order valence-corrected chi connectivity index (χ2v) is 3.23. The zero-order valence-electron chi connectivity index (χ0n) is 8.48. The van der Waals surface area contributed by atoms with Crippen LogP contribution in [0.5, 0.6) is 5.75 Å². The molecular formula is C10H7N3O4. The van der Waals surface area contributed by atoms with Gasteiger partial charge in [0.15, 0.2) is 0 Å². The molecule has 0 unspecified atom stereocenters. The van der Waals surface area contributed by atoms with Gasteiger partial charge >= 0.3 is 0 Å². The Balaban J connectivity index is 2.48. The molecule has 1 aromatic carbocycles. The Kier molecular flexibility index (Phi) is 2.57. The molecule has 17 heavy (non-hydrogen) atoms. The maximum atomic E-state index is 11.8. The first-order valence-electron chi connectivity index (χ1n) is 4.59. The molecule has 0 bridgehead atoms. The van der Waals surface area contributed by atoms with Gasteiger partial charge in [0.05, 0.1) is 10.5 Å². The Morgan fingerprint density at radius 3 is 2.82 bits per heavy atom. The molecule has 0 aliphatic carbocycles. The number of nitro benzene ring substituents is 1. The number of nitrogens with zero attached hydrogens (tertiary/aromatic N) is 3. The van der Waals surface area contributed by atoms with E-state index >= 15 is 0 Å². The maximum absolute atomic E-state index is 11.8. The predicted molar refractivity (Wildman–Crippen MR) is 56.7 cm³/mol. The fraction of sp³-hybridized carbons (Fsp3) is 0. The summed E-state index contributed by atoms with van der Waals surface area (Å²) >= 11 is 0. The molecule has 0 amide bonds. The third kappa shape index (κ3) is 1.98. The molecule has 0 radical (unpaired) electrons. The number of non-ortho nitro benzene ring substituents is 1. The molecule has 0 aliphatic rings. The fourth-order valence-corrected chi connectivity index (χ4v) is 1.33. The zero-order valence-corrected chi connectivity index (χ0v) is 8.48. The van der Waals surface area contributed by atoms with Crippen LogP contribution in [0.1, 0.15) is 10.4 Å². The highest BCUT2D eigenvalue weighted by Crippen LogP contribution is 2.23. The molecule has 0 fully saturated rings. The number of aromatic hydroxyl groups is 1. The number of hydrogen-bond acceptors (Lipinski definition) is 5. The summed E-state index contributed by atoms with van der Waals surface area (Å²) in [7, 11) is 0. The summed E-state index contributed by atoms with van der Waals surface area (Å²) in [4.78, 5) is 25.5. The molecule has 7 heteroatoms. The monoisotopic (exact) mass is 233 g/mol. The smallest absolute Gasteiger partial charge is 0.270 e. The van der Waals surface area contributed by atoms with E-state index in [1.54, 1.807) is 0 Å². The second-order valence-electron chi connectivity index (χ2n) is 3.23. The molecule has 1 heterocycles. The first-order chi connectivity index (χ1) is 8.09. The number of carbonyl (C=O) groups excluding carboxylic acids is 1. The summed E-state index contributed by atoms with van der Waals surface area (Å²) in [6, 6.07) is 3.26. The highest BCUT2D eigenvalue weighted by Gasteiger charge is 2.17. The lowest BCUT2D eigenvalue weighted by Gasteiger charge is -2.03. The van der Waals surface area contributed by atoms with Crippen LogP contribution < -0.4 is 0 Å². The molecular weight excluding hydrogens is 226 g/mol. The average Bonchev–Trinajstić information content (AvgIpc) is 2.81. The number of phenols is 1. The molecule has 1 aromatic heterocycles. The van der Waals surface area contributed by atoms with Gasteiger partial charge in [-0.15, -0.1) is 0 Å². The Morgan fingerprint density at radius 2 is 2.24 bits per heavy atom. The van der Waals surface area contributed by atoms with Crippen LogP contribution in [-0.2, 0) is 0 Å². The van der Waals surface area contributed by atoms with Crippen molar-refractivity contribution < 1.29 is 14.8 Å². The average molecular weight is 233 g/mol. The second kappa shape index (κ2) is 4.05. The van der Waals surface area contributed by atoms with Gasteiger partial charge in [0, 0.05) is 24.5 Å². The van der Waals surface area contributed by atoms with E-state index in [4.69, 9.17) is 0 Å². The predicted octanol–water partition coefficient (Wildman–Crippen LogP) is 1.19. The first-order valence-corrected chi connectivity index (χ1v) is 4.59. The minimum atomic E-state index is -0.635. The van der Waals surface area contributed by atoms with Crippen molar-refractivity contribution in [3.05, 3.63) is 52.6 Å². The molecule has 0 saturated heterocycles. The van der Waals surface area contributed by atoms with E-state index < -0.39 is 10.8 Å². The largest absolute Gasteiger partial charge is 0.507 e. The van der Waals surface area contributed by atoms with Crippen LogP contribution in [0, 0.1) is 10.1 Å². The lowest BCUT2D eigenvalue weighted by atomic mass is 10.1. The Morgan fingerprint density at radius 1 is 1.47 bits per heavy atom. The lowest BCUT2D eigenvalue weighted by Crippen LogP contribution is -2.10. The van der Waals surface area contributed by atoms with Crippen LogP contribution in [0.2, 0.25) is 0 Å². The van der Waals surface area contributed by atoms with Crippen molar-refractivity contribution in [2.24, 2.45) is 0 Å². The SMILES string of the molecule is O=C(c1cc([N+](=O)[O-])ccc1O)n1ccnc1. The van der Waals surface area contributed by atoms with Crippen LogP contribution >= 0.6 is 0 Å². The number of rotatable bonds is 2. The highest BCUT2D eigenvalue weighted by atomic mass is 16.6. The van der Waals surface area contributed by atoms with E-state index in [0.29, 0.717) is 0 Å². The molecule has 0 spiro atoms. The van der Waals surface area contributed by atoms with Gasteiger partial charge in [0.1, 0.15) is 12.1 Å². The number of hydrogen-bond donors (Lipinski definition) is 1. The summed E-state index contributed by atoms with van der Waals surface area (Å²) in [6.45, 7) is 0. The number of imidazole rings is 1. The lowest BCUT2D eigenvalue weighted by molar-refractivity contribution is -0.384. The van der Waals surface area contributed by atoms with Crippen molar-refractivity contribution in [1.29, 1.82) is 0 Å². The molecule has 0 saturated carbocycles. The van der Waals surface area contributed by atoms with Crippen molar-refractivity contribution >= 4 is 11.6 Å². The van der Waals surface area contributed by atoms with Crippen molar-refractivity contribution in [2.45, 2.75) is 0 Å². The third-order valence-corrected chi connectivity index (χ3v) is 2.16. The van der Waals surface area contributed by atoms with E-state index in [9.17, 15) is 20.0 Å². The zero-order chi connectivity index (χ0) is 12.4. The van der Waals surface area contributed by atoms with Gasteiger partial charge in [-0.2, -0.15) is 0 Å². The van der Waals surface area contributed by atoms with Gasteiger partial charge in [-0.05, 0) is 6.07 Å². The minimum Gasteiger partial charge on any atom is -0.507 e. The van der Waals surface area contributed by atoms with Crippen LogP contribution in [0.15, 0.2) is 36.9 Å². The van der Waals surface area contributed by atoms with E-state index in [-0.39, 0.29) is 17.0 Å². The van der Waals surface area contributed by atoms with Crippen molar-refractivity contribution in [2.75, 3.05) is 0 Å². The summed E-state index contributed by atoms with van der Waals surface area (Å²) in [6.07, 6.45) is 4.04. The summed E-state index contributed by atoms with van der Waals surface area (Å²) in [5.41, 5.74) is -0.400. The summed E-state index contributed by atoms with van der Waals surface area (Å²) in [5, 5.41) is 20.1. The topological polar surface area (TPSA) is 98.3 Å². The fourth-order valence-electron chi connectivity index (χ4n) is 1.33. The van der Waals surface area contributed by atoms with Crippen LogP contribution in [-0.4, -0.2) is 25.5 Å². The Bertz CT molecular complexity index is 577. The van der Waals surface area contributed by atoms with Crippen LogP contribution in [0.25, 0.3) is 0 Å². The molecule has 2 rings (SSSR count). The highest BCUT2D eigenvalue weighted by molar-refractivity contribution is 5.98. The number of benzene rings is 1. The standard InChI is InChI=1S/C10H7N3O4/c14-9-2-1-7(13(16)17)5-8(9)10(15)12-4-3-11-6-12/h1-6,14H. The maximum Gasteiger partial charge on any atom is 0.270 e. The number of phenolic OH excluding ortho intramolecular Hbond substituents is 1. The van der Waals surface area contributed by atoms with Crippen molar-refractivity contribution in [3.8, 4) is 5.75 Å². The minimum absolute atomic E-state index is 0.141. The van der Waals surface area contributed by atoms with Crippen LogP contribution in [0.4, 0.5) is 5.69 Å². The quantitative estimate of drug-likeness (QED) is 0.620. The molecule has 0 aliphatic heterocycles. The van der Waals surface area contributed by atoms with E-state index in [0.717, 1.165) is 22.8 Å². The van der Waals surface area contributed by atoms with Gasteiger partial charge in [-0.3, -0.25) is 19.5 Å². The molecule has 1 N–H and O–H groups in total. The van der Waals surface area contributed by atoms with Crippen molar-refractivity contribution in [1.82, 2.24) is 9.55 Å². The van der Waals surface area contributed by atoms with Crippen molar-refractivity contribution in [3.63, 3.8) is 0 Å². The Hall–Kier alpha value is -2.70. The first kappa shape index (κ1) is 10.8. The number of carbonyl (C=O) groups is 1. The van der Waals surface area contributed by atoms with Gasteiger partial charge in [0.25, 0.3) is 11.6 Å². The summed E-state index contributed by atoms with van der Waals surface area (Å²) < 4.78 is 1.12. The summed E-state index contributed by atoms with van der Waals surface area (Å²) in [5.74, 6) is -0.891. The van der Waals surface area contributed by atoms with Gasteiger partial charge in [0.2, 0.25) is 0 Å². The molecule has 7 nitrogen and oxygen atoms in total. The van der Waals surface area contributed by atoms with Crippen LogP contribution in [0.3, 0.4) is 0 Å². The molecule has 86 valence electrons. The van der Waals surface area contributed by atoms with Gasteiger partial charge in [-0.25, -0.2) is 4.98 Å². The van der Waals surface area contributed by atoms with E-state index in [1.165, 1.54) is 18.7 Å².